The van der Waals surface area contributed by atoms with Crippen LogP contribution in [0.15, 0.2) is 285 Å². The lowest BCUT2D eigenvalue weighted by Crippen LogP contribution is -2.28. The van der Waals surface area contributed by atoms with Crippen molar-refractivity contribution in [3.63, 3.8) is 0 Å². The summed E-state index contributed by atoms with van der Waals surface area (Å²) in [7, 11) is 0. The summed E-state index contributed by atoms with van der Waals surface area (Å²) in [5.41, 5.74) is 20.3. The van der Waals surface area contributed by atoms with Gasteiger partial charge in [0.1, 0.15) is 0 Å². The second kappa shape index (κ2) is 17.8. The first kappa shape index (κ1) is 47.0. The third kappa shape index (κ3) is 6.67. The largest absolute Gasteiger partial charge is 0.310 e. The van der Waals surface area contributed by atoms with Crippen molar-refractivity contribution >= 4 is 91.7 Å². The van der Waals surface area contributed by atoms with Crippen molar-refractivity contribution in [2.45, 2.75) is 24.7 Å². The summed E-state index contributed by atoms with van der Waals surface area (Å²) in [5, 5.41) is 12.5. The smallest absolute Gasteiger partial charge is 0.0714 e. The van der Waals surface area contributed by atoms with Crippen LogP contribution in [-0.2, 0) is 10.8 Å². The third-order valence-corrected chi connectivity index (χ3v) is 19.7. The van der Waals surface area contributed by atoms with E-state index >= 15 is 0 Å². The van der Waals surface area contributed by atoms with E-state index in [1.54, 1.807) is 0 Å². The van der Waals surface area contributed by atoms with E-state index in [2.05, 4.69) is 304 Å². The Morgan fingerprint density at radius 3 is 1.46 bits per heavy atom. The second-order valence-electron chi connectivity index (χ2n) is 23.0. The van der Waals surface area contributed by atoms with E-state index < -0.39 is 5.41 Å². The van der Waals surface area contributed by atoms with Crippen LogP contribution in [0.3, 0.4) is 0 Å². The lowest BCUT2D eigenvalue weighted by atomic mass is 9.67. The monoisotopic (exact) mass is 1060 g/mol. The molecule has 0 bridgehead atoms. The quantitative estimate of drug-likeness (QED) is 0.144. The second-order valence-corrected chi connectivity index (χ2v) is 24.1. The van der Waals surface area contributed by atoms with Gasteiger partial charge in [-0.3, -0.25) is 0 Å². The van der Waals surface area contributed by atoms with Crippen molar-refractivity contribution in [2.75, 3.05) is 4.90 Å². The SMILES string of the molecule is CC1(C)c2ccccc2-c2cc(N(c3ccc4c(c3)C(c3ccccc3)(c3ccccc3)c3ccccc3-4)c3cc4c5ccccc5c5ccccc5c4cc3-c3cc4c5ccc(-c6ccccc6)cc5sc4c4ccccc34)ccc21. The maximum absolute atomic E-state index is 2.62. The number of benzene rings is 14. The van der Waals surface area contributed by atoms with Gasteiger partial charge in [0.25, 0.3) is 0 Å². The van der Waals surface area contributed by atoms with Gasteiger partial charge in [-0.2, -0.15) is 0 Å². The molecule has 2 heteroatoms. The molecule has 0 saturated carbocycles. The van der Waals surface area contributed by atoms with Gasteiger partial charge in [0.2, 0.25) is 0 Å². The Morgan fingerprint density at radius 2 is 0.780 bits per heavy atom. The van der Waals surface area contributed by atoms with Gasteiger partial charge in [0.15, 0.2) is 0 Å². The molecule has 0 aliphatic heterocycles. The van der Waals surface area contributed by atoms with Crippen LogP contribution < -0.4 is 4.90 Å². The van der Waals surface area contributed by atoms with Crippen molar-refractivity contribution in [2.24, 2.45) is 0 Å². The topological polar surface area (TPSA) is 3.24 Å². The van der Waals surface area contributed by atoms with Gasteiger partial charge in [-0.05, 0) is 159 Å². The zero-order chi connectivity index (χ0) is 54.3. The normalized spacial score (nSPS) is 13.7. The van der Waals surface area contributed by atoms with Crippen molar-refractivity contribution in [3.8, 4) is 44.5 Å². The predicted octanol–water partition coefficient (Wildman–Crippen LogP) is 22.1. The molecule has 0 radical (unpaired) electrons. The molecule has 1 nitrogen and oxygen atoms in total. The zero-order valence-corrected chi connectivity index (χ0v) is 46.3. The molecule has 0 fully saturated rings. The Kier molecular flexibility index (Phi) is 10.2. The third-order valence-electron chi connectivity index (χ3n) is 18.5. The molecule has 0 saturated heterocycles. The van der Waals surface area contributed by atoms with Gasteiger partial charge in [-0.1, -0.05) is 250 Å². The van der Waals surface area contributed by atoms with Crippen molar-refractivity contribution in [1.29, 1.82) is 0 Å². The van der Waals surface area contributed by atoms with Crippen LogP contribution in [0.5, 0.6) is 0 Å². The van der Waals surface area contributed by atoms with Crippen LogP contribution in [0.4, 0.5) is 17.1 Å². The summed E-state index contributed by atoms with van der Waals surface area (Å²) in [5.74, 6) is 0. The summed E-state index contributed by atoms with van der Waals surface area (Å²) in [6, 6.07) is 108. The van der Waals surface area contributed by atoms with Crippen LogP contribution in [0.25, 0.3) is 108 Å². The average Bonchev–Trinajstić information content (AvgIpc) is 2.37. The molecule has 0 amide bonds. The number of thiophene rings is 1. The van der Waals surface area contributed by atoms with Crippen LogP contribution >= 0.6 is 11.3 Å². The molecule has 0 spiro atoms. The Labute approximate surface area is 481 Å². The molecule has 82 heavy (non-hydrogen) atoms. The van der Waals surface area contributed by atoms with E-state index in [9.17, 15) is 0 Å². The molecule has 0 atom stereocenters. The average molecular weight is 1060 g/mol. The van der Waals surface area contributed by atoms with Crippen molar-refractivity contribution in [1.82, 2.24) is 0 Å². The van der Waals surface area contributed by atoms with Crippen molar-refractivity contribution < 1.29 is 0 Å². The first-order valence-corrected chi connectivity index (χ1v) is 29.5. The summed E-state index contributed by atoms with van der Waals surface area (Å²) in [4.78, 5) is 2.62. The van der Waals surface area contributed by atoms with E-state index in [4.69, 9.17) is 0 Å². The fraction of sp³-hybridized carbons (Fsp3) is 0.0500. The Bertz CT molecular complexity index is 5090. The number of anilines is 3. The maximum Gasteiger partial charge on any atom is 0.0714 e. The molecule has 1 heterocycles. The molecule has 1 aromatic heterocycles. The fourth-order valence-electron chi connectivity index (χ4n) is 14.8. The molecule has 14 aromatic carbocycles. The molecular formula is C80H53NS. The number of rotatable bonds is 7. The van der Waals surface area contributed by atoms with Gasteiger partial charge in [0, 0.05) is 47.9 Å². The zero-order valence-electron chi connectivity index (χ0n) is 45.5. The number of fused-ring (bicyclic) bond motifs is 17. The van der Waals surface area contributed by atoms with Crippen LogP contribution in [0, 0.1) is 0 Å². The highest BCUT2D eigenvalue weighted by Crippen LogP contribution is 2.59. The molecule has 384 valence electrons. The van der Waals surface area contributed by atoms with Crippen LogP contribution in [0.2, 0.25) is 0 Å². The minimum Gasteiger partial charge on any atom is -0.310 e. The van der Waals surface area contributed by atoms with Gasteiger partial charge in [-0.25, -0.2) is 0 Å². The van der Waals surface area contributed by atoms with Gasteiger partial charge in [0.05, 0.1) is 11.1 Å². The van der Waals surface area contributed by atoms with E-state index in [0.29, 0.717) is 0 Å². The highest BCUT2D eigenvalue weighted by atomic mass is 32.1. The molecule has 15 aromatic rings. The molecular weight excluding hydrogens is 1010 g/mol. The molecule has 0 unspecified atom stereocenters. The number of hydrogen-bond acceptors (Lipinski definition) is 2. The fourth-order valence-corrected chi connectivity index (χ4v) is 16.1. The number of hydrogen-bond donors (Lipinski definition) is 0. The summed E-state index contributed by atoms with van der Waals surface area (Å²) < 4.78 is 2.60. The highest BCUT2D eigenvalue weighted by Gasteiger charge is 2.46. The van der Waals surface area contributed by atoms with Gasteiger partial charge < -0.3 is 4.90 Å². The standard InChI is InChI=1S/C80H53NS/c1-79(2)72-36-20-18-34-62(72)69-45-54(40-43-73(69)79)81(55-39-42-63-61-33-19-21-37-74(61)80(75(63)46-55,52-24-8-4-9-25-52)53-26-10-5-11-27-53)76-49-68-59-31-15-13-29-57(59)56-28-12-14-30-58(56)66(68)47-70(76)67-48-71-64-41-38-51(50-22-6-3-7-23-50)44-77(64)82-78(71)65-35-17-16-32-60(65)67/h3-49H,1-2H3. The Morgan fingerprint density at radius 1 is 0.280 bits per heavy atom. The Hall–Kier alpha value is -9.86. The number of nitrogens with zero attached hydrogens (tertiary/aromatic N) is 1. The lowest BCUT2D eigenvalue weighted by Gasteiger charge is -2.35. The van der Waals surface area contributed by atoms with E-state index in [1.165, 1.54) is 141 Å². The van der Waals surface area contributed by atoms with Crippen molar-refractivity contribution in [3.05, 3.63) is 318 Å². The first-order chi connectivity index (χ1) is 40.4. The van der Waals surface area contributed by atoms with E-state index in [0.717, 1.165) is 17.1 Å². The van der Waals surface area contributed by atoms with Crippen LogP contribution in [-0.4, -0.2) is 0 Å². The van der Waals surface area contributed by atoms with Crippen LogP contribution in [0.1, 0.15) is 47.2 Å². The molecule has 0 N–H and O–H groups in total. The van der Waals surface area contributed by atoms with Gasteiger partial charge in [-0.15, -0.1) is 11.3 Å². The summed E-state index contributed by atoms with van der Waals surface area (Å²) in [6.45, 7) is 4.77. The summed E-state index contributed by atoms with van der Waals surface area (Å²) in [6.07, 6.45) is 0. The van der Waals surface area contributed by atoms with Gasteiger partial charge >= 0.3 is 0 Å². The maximum atomic E-state index is 2.62. The Balaban J connectivity index is 1.02. The molecule has 2 aliphatic carbocycles. The van der Waals surface area contributed by atoms with E-state index in [-0.39, 0.29) is 5.41 Å². The lowest BCUT2D eigenvalue weighted by molar-refractivity contribution is 0.660. The molecule has 17 rings (SSSR count). The predicted molar refractivity (Wildman–Crippen MR) is 350 cm³/mol. The first-order valence-electron chi connectivity index (χ1n) is 28.6. The molecule has 2 aliphatic rings. The summed E-state index contributed by atoms with van der Waals surface area (Å²) >= 11 is 1.91. The minimum atomic E-state index is -0.597. The van der Waals surface area contributed by atoms with E-state index in [1.807, 2.05) is 11.3 Å². The highest BCUT2D eigenvalue weighted by molar-refractivity contribution is 7.26. The minimum absolute atomic E-state index is 0.160.